The van der Waals surface area contributed by atoms with Gasteiger partial charge in [-0.25, -0.2) is 9.59 Å². The molecule has 1 aromatic carbocycles. The maximum Gasteiger partial charge on any atom is 0.404 e. The molecule has 31 heavy (non-hydrogen) atoms. The number of rotatable bonds is 7. The van der Waals surface area contributed by atoms with Crippen molar-refractivity contribution in [1.29, 1.82) is 0 Å². The third kappa shape index (κ3) is 3.53. The van der Waals surface area contributed by atoms with Crippen molar-refractivity contribution < 1.29 is 38.7 Å². The smallest absolute Gasteiger partial charge is 0.404 e. The largest absolute Gasteiger partial charge is 0.478 e. The van der Waals surface area contributed by atoms with E-state index >= 15 is 0 Å². The minimum absolute atomic E-state index is 0.132. The summed E-state index contributed by atoms with van der Waals surface area (Å²) in [6.45, 7) is 0.646. The number of carboxylic acid groups (broad SMARTS) is 1. The molecule has 1 aromatic rings. The topological polar surface area (TPSA) is 205 Å². The zero-order valence-electron chi connectivity index (χ0n) is 16.0. The highest BCUT2D eigenvalue weighted by atomic mass is 32.2. The first kappa shape index (κ1) is 22.3. The number of nitrogens with two attached hydrogens (primary N) is 2. The number of primary amides is 1. The van der Waals surface area contributed by atoms with Crippen molar-refractivity contribution in [3.05, 3.63) is 39.9 Å². The number of nitro groups is 1. The molecule has 0 aromatic heterocycles. The molecule has 5 N–H and O–H groups in total. The van der Waals surface area contributed by atoms with Crippen LogP contribution >= 0.6 is 11.8 Å². The van der Waals surface area contributed by atoms with Crippen molar-refractivity contribution >= 4 is 41.4 Å². The van der Waals surface area contributed by atoms with Gasteiger partial charge in [-0.1, -0.05) is 0 Å². The molecule has 2 heterocycles. The van der Waals surface area contributed by atoms with Gasteiger partial charge in [-0.2, -0.15) is 0 Å². The summed E-state index contributed by atoms with van der Waals surface area (Å²) in [5.74, 6) is -4.58. The second-order valence-electron chi connectivity index (χ2n) is 7.14. The quantitative estimate of drug-likeness (QED) is 0.161. The monoisotopic (exact) mass is 454 g/mol. The predicted molar refractivity (Wildman–Crippen MR) is 103 cm³/mol. The van der Waals surface area contributed by atoms with Gasteiger partial charge in [0.1, 0.15) is 18.6 Å². The first-order valence-corrected chi connectivity index (χ1v) is 9.66. The number of carbonyl (C=O) groups excluding carboxylic acids is 3. The fraction of sp³-hybridized carbons (Fsp3) is 0.412. The van der Waals surface area contributed by atoms with Crippen LogP contribution in [0.3, 0.4) is 0 Å². The molecule has 0 radical (unpaired) electrons. The number of carbonyl (C=O) groups is 4. The molecule has 0 spiro atoms. The lowest BCUT2D eigenvalue weighted by atomic mass is 9.86. The fourth-order valence-electron chi connectivity index (χ4n) is 3.43. The lowest BCUT2D eigenvalue weighted by Crippen LogP contribution is -2.76. The van der Waals surface area contributed by atoms with Crippen molar-refractivity contribution in [2.24, 2.45) is 17.4 Å². The molecule has 3 rings (SSSR count). The highest BCUT2D eigenvalue weighted by Crippen LogP contribution is 2.57. The molecule has 0 unspecified atom stereocenters. The molecular weight excluding hydrogens is 436 g/mol. The van der Waals surface area contributed by atoms with Crippen LogP contribution in [0.15, 0.2) is 24.3 Å². The van der Waals surface area contributed by atoms with E-state index < -0.39 is 57.2 Å². The molecule has 14 heteroatoms. The molecular formula is C17H18N4O9S. The van der Waals surface area contributed by atoms with Crippen LogP contribution in [0.2, 0.25) is 0 Å². The van der Waals surface area contributed by atoms with Crippen LogP contribution in [0.4, 0.5) is 10.5 Å². The summed E-state index contributed by atoms with van der Waals surface area (Å²) >= 11 is 0.898. The number of nitrogens with zero attached hydrogens (tertiary/aromatic N) is 2. The number of thioether (sulfide) groups is 1. The van der Waals surface area contributed by atoms with Gasteiger partial charge < -0.3 is 20.3 Å². The van der Waals surface area contributed by atoms with Crippen LogP contribution in [0.1, 0.15) is 12.5 Å². The van der Waals surface area contributed by atoms with E-state index in [1.165, 1.54) is 31.2 Å². The number of esters is 1. The highest BCUT2D eigenvalue weighted by Gasteiger charge is 2.75. The van der Waals surface area contributed by atoms with E-state index in [1.807, 2.05) is 0 Å². The van der Waals surface area contributed by atoms with E-state index in [1.54, 1.807) is 0 Å². The van der Waals surface area contributed by atoms with E-state index in [-0.39, 0.29) is 12.3 Å². The minimum atomic E-state index is -2.25. The van der Waals surface area contributed by atoms with Gasteiger partial charge in [0.05, 0.1) is 9.67 Å². The second-order valence-corrected chi connectivity index (χ2v) is 8.76. The van der Waals surface area contributed by atoms with Crippen LogP contribution in [0.5, 0.6) is 0 Å². The van der Waals surface area contributed by atoms with E-state index in [4.69, 9.17) is 20.9 Å². The molecule has 0 aliphatic carbocycles. The normalized spacial score (nSPS) is 29.0. The Kier molecular flexibility index (Phi) is 5.54. The number of β-lactam (4-membered cyclic amide) rings is 1. The number of hydrogen-bond donors (Lipinski definition) is 3. The van der Waals surface area contributed by atoms with Crippen LogP contribution in [-0.4, -0.2) is 61.3 Å². The molecule has 2 saturated heterocycles. The third-order valence-corrected chi connectivity index (χ3v) is 6.88. The fourth-order valence-corrected chi connectivity index (χ4v) is 5.19. The van der Waals surface area contributed by atoms with Crippen molar-refractivity contribution in [3.63, 3.8) is 0 Å². The number of non-ortho nitro benzene ring substituents is 1. The molecule has 2 aliphatic heterocycles. The molecule has 166 valence electrons. The van der Waals surface area contributed by atoms with Gasteiger partial charge in [-0.3, -0.25) is 30.3 Å². The van der Waals surface area contributed by atoms with Crippen molar-refractivity contribution in [1.82, 2.24) is 4.90 Å². The Hall–Kier alpha value is -3.39. The third-order valence-electron chi connectivity index (χ3n) is 5.21. The number of nitro benzene ring substituents is 1. The molecule has 0 bridgehead atoms. The average Bonchev–Trinajstić information content (AvgIpc) is 2.90. The maximum atomic E-state index is 12.6. The molecule has 2 aliphatic rings. The van der Waals surface area contributed by atoms with Gasteiger partial charge in [-0.15, -0.1) is 11.8 Å². The predicted octanol–water partition coefficient (Wildman–Crippen LogP) is -0.237. The first-order chi connectivity index (χ1) is 14.4. The summed E-state index contributed by atoms with van der Waals surface area (Å²) < 4.78 is 8.39. The average molecular weight is 454 g/mol. The lowest BCUT2D eigenvalue weighted by molar-refractivity contribution is -0.384. The lowest BCUT2D eigenvalue weighted by Gasteiger charge is -2.46. The first-order valence-electron chi connectivity index (χ1n) is 8.78. The van der Waals surface area contributed by atoms with Gasteiger partial charge >= 0.3 is 18.0 Å². The highest BCUT2D eigenvalue weighted by molar-refractivity contribution is 8.01. The molecule has 2 amide bonds. The van der Waals surface area contributed by atoms with Crippen LogP contribution < -0.4 is 11.5 Å². The number of ether oxygens (including phenoxy) is 2. The Morgan fingerprint density at radius 2 is 1.90 bits per heavy atom. The Morgan fingerprint density at radius 3 is 2.42 bits per heavy atom. The summed E-state index contributed by atoms with van der Waals surface area (Å²) in [5.41, 5.74) is 9.09. The van der Waals surface area contributed by atoms with Crippen LogP contribution in [0.25, 0.3) is 0 Å². The maximum absolute atomic E-state index is 12.6. The van der Waals surface area contributed by atoms with Gasteiger partial charge in [0.25, 0.3) is 5.69 Å². The number of fused-ring (bicyclic) bond motifs is 1. The summed E-state index contributed by atoms with van der Waals surface area (Å²) in [6, 6.07) is 5.29. The van der Waals surface area contributed by atoms with E-state index in [0.29, 0.717) is 5.56 Å². The summed E-state index contributed by atoms with van der Waals surface area (Å²) in [7, 11) is 0. The van der Waals surface area contributed by atoms with Gasteiger partial charge in [-0.05, 0) is 24.6 Å². The van der Waals surface area contributed by atoms with E-state index in [0.717, 1.165) is 16.7 Å². The van der Waals surface area contributed by atoms with E-state index in [9.17, 15) is 34.4 Å². The summed E-state index contributed by atoms with van der Waals surface area (Å²) in [4.78, 5) is 59.0. The SMILES string of the molecule is C[C@@]1(COC(N)=O)S[C@@H]2[C@@H](C(=O)OCc3ccc([N+](=O)[O-])cc3)C(=O)N2[C@@]1(N)C(=O)O. The number of benzene rings is 1. The van der Waals surface area contributed by atoms with Gasteiger partial charge in [0, 0.05) is 12.1 Å². The van der Waals surface area contributed by atoms with Crippen molar-refractivity contribution in [2.75, 3.05) is 6.61 Å². The Bertz CT molecular complexity index is 971. The Morgan fingerprint density at radius 1 is 1.29 bits per heavy atom. The molecule has 0 saturated carbocycles. The van der Waals surface area contributed by atoms with E-state index in [2.05, 4.69) is 0 Å². The minimum Gasteiger partial charge on any atom is -0.478 e. The number of aliphatic carboxylic acids is 1. The van der Waals surface area contributed by atoms with Crippen molar-refractivity contribution in [2.45, 2.75) is 29.3 Å². The zero-order chi connectivity index (χ0) is 23.1. The zero-order valence-corrected chi connectivity index (χ0v) is 16.9. The molecule has 4 atom stereocenters. The number of carboxylic acids is 1. The Balaban J connectivity index is 1.73. The number of amides is 2. The van der Waals surface area contributed by atoms with Gasteiger partial charge in [0.15, 0.2) is 5.92 Å². The standard InChI is InChI=1S/C17H18N4O9S/c1-16(7-30-15(18)26)17(19,14(24)25)20-11(22)10(12(20)31-16)13(23)29-6-8-2-4-9(5-3-8)21(27)28/h2-5,10,12H,6-7,19H2,1H3,(H2,18,26)(H,24,25)/t10-,12+,16-,17-/m0/s1. The van der Waals surface area contributed by atoms with Crippen LogP contribution in [0, 0.1) is 16.0 Å². The van der Waals surface area contributed by atoms with Crippen molar-refractivity contribution in [3.8, 4) is 0 Å². The molecule has 2 fully saturated rings. The van der Waals surface area contributed by atoms with Crippen LogP contribution in [-0.2, 0) is 30.5 Å². The summed E-state index contributed by atoms with van der Waals surface area (Å²) in [5, 5.41) is 19.4. The number of hydrogen-bond acceptors (Lipinski definition) is 10. The molecule has 13 nitrogen and oxygen atoms in total. The van der Waals surface area contributed by atoms with Gasteiger partial charge in [0.2, 0.25) is 11.6 Å². The summed E-state index contributed by atoms with van der Waals surface area (Å²) in [6.07, 6.45) is -1.14. The Labute approximate surface area is 178 Å². The second kappa shape index (κ2) is 7.70.